The number of hydrogen-bond acceptors (Lipinski definition) is 7. The van der Waals surface area contributed by atoms with Gasteiger partial charge in [-0.2, -0.15) is 0 Å². The van der Waals surface area contributed by atoms with Crippen LogP contribution in [0.15, 0.2) is 18.2 Å². The number of unbranched alkanes of at least 4 members (excludes halogenated alkanes) is 3. The van der Waals surface area contributed by atoms with E-state index in [1.165, 1.54) is 17.1 Å². The third-order valence-electron chi connectivity index (χ3n) is 3.03. The van der Waals surface area contributed by atoms with Crippen molar-refractivity contribution in [1.82, 2.24) is 0 Å². The molecule has 9 heteroatoms. The van der Waals surface area contributed by atoms with Crippen LogP contribution in [0, 0.1) is 20.2 Å². The Bertz CT molecular complexity index is 508. The van der Waals surface area contributed by atoms with Crippen molar-refractivity contribution in [3.05, 3.63) is 38.4 Å². The molecule has 0 saturated heterocycles. The molecular weight excluding hydrogens is 278 g/mol. The summed E-state index contributed by atoms with van der Waals surface area (Å²) in [6.07, 6.45) is 3.60. The van der Waals surface area contributed by atoms with E-state index in [2.05, 4.69) is 0 Å². The van der Waals surface area contributed by atoms with Crippen molar-refractivity contribution < 1.29 is 9.85 Å². The molecule has 0 spiro atoms. The molecule has 116 valence electrons. The molecule has 0 fully saturated rings. The van der Waals surface area contributed by atoms with Gasteiger partial charge in [0, 0.05) is 12.6 Å². The second kappa shape index (κ2) is 8.12. The summed E-state index contributed by atoms with van der Waals surface area (Å²) in [4.78, 5) is 20.3. The highest BCUT2D eigenvalue weighted by atomic mass is 16.6. The Morgan fingerprint density at radius 2 is 1.71 bits per heavy atom. The molecule has 0 aliphatic rings. The lowest BCUT2D eigenvalue weighted by atomic mass is 10.2. The van der Waals surface area contributed by atoms with Crippen molar-refractivity contribution in [3.63, 3.8) is 0 Å². The SMILES string of the molecule is NCCCCCCN(N)c1ccc([N+](=O)[O-])cc1[N+](=O)[O-]. The van der Waals surface area contributed by atoms with Crippen LogP contribution in [0.3, 0.4) is 0 Å². The molecule has 0 aromatic heterocycles. The summed E-state index contributed by atoms with van der Waals surface area (Å²) in [6.45, 7) is 1.07. The van der Waals surface area contributed by atoms with Gasteiger partial charge < -0.3 is 10.7 Å². The molecule has 21 heavy (non-hydrogen) atoms. The van der Waals surface area contributed by atoms with Gasteiger partial charge in [0.05, 0.1) is 15.9 Å². The molecule has 1 aromatic carbocycles. The average molecular weight is 297 g/mol. The van der Waals surface area contributed by atoms with Crippen molar-refractivity contribution in [2.45, 2.75) is 25.7 Å². The van der Waals surface area contributed by atoms with E-state index in [0.29, 0.717) is 13.1 Å². The summed E-state index contributed by atoms with van der Waals surface area (Å²) in [7, 11) is 0. The largest absolute Gasteiger partial charge is 0.330 e. The van der Waals surface area contributed by atoms with Crippen LogP contribution in [0.4, 0.5) is 17.1 Å². The van der Waals surface area contributed by atoms with Gasteiger partial charge in [0.15, 0.2) is 0 Å². The maximum absolute atomic E-state index is 11.0. The Kier molecular flexibility index (Phi) is 6.50. The first-order valence-corrected chi connectivity index (χ1v) is 6.62. The number of nitro benzene ring substituents is 2. The van der Waals surface area contributed by atoms with Gasteiger partial charge in [0.25, 0.3) is 5.69 Å². The summed E-state index contributed by atoms with van der Waals surface area (Å²) >= 11 is 0. The van der Waals surface area contributed by atoms with Crippen molar-refractivity contribution in [3.8, 4) is 0 Å². The van der Waals surface area contributed by atoms with Crippen LogP contribution < -0.4 is 16.6 Å². The predicted octanol–water partition coefficient (Wildman–Crippen LogP) is 1.70. The lowest BCUT2D eigenvalue weighted by Crippen LogP contribution is -2.32. The maximum atomic E-state index is 11.0. The number of rotatable bonds is 9. The summed E-state index contributed by atoms with van der Waals surface area (Å²) in [5.41, 5.74) is 4.86. The number of hydrazine groups is 1. The molecule has 1 rings (SSSR count). The van der Waals surface area contributed by atoms with Crippen molar-refractivity contribution in [1.29, 1.82) is 0 Å². The number of anilines is 1. The first kappa shape index (κ1) is 16.8. The molecule has 0 atom stereocenters. The Morgan fingerprint density at radius 3 is 2.29 bits per heavy atom. The molecule has 0 bridgehead atoms. The molecular formula is C12H19N5O4. The van der Waals surface area contributed by atoms with Crippen molar-refractivity contribution in [2.75, 3.05) is 18.1 Å². The Balaban J connectivity index is 2.76. The van der Waals surface area contributed by atoms with Crippen LogP contribution >= 0.6 is 0 Å². The summed E-state index contributed by atoms with van der Waals surface area (Å²) in [5.74, 6) is 5.81. The van der Waals surface area contributed by atoms with Crippen LogP contribution in [-0.4, -0.2) is 22.9 Å². The van der Waals surface area contributed by atoms with Gasteiger partial charge in [0.1, 0.15) is 5.69 Å². The summed E-state index contributed by atoms with van der Waals surface area (Å²) in [6, 6.07) is 3.43. The van der Waals surface area contributed by atoms with Gasteiger partial charge >= 0.3 is 5.69 Å². The molecule has 0 unspecified atom stereocenters. The van der Waals surface area contributed by atoms with Gasteiger partial charge in [0.2, 0.25) is 0 Å². The highest BCUT2D eigenvalue weighted by Crippen LogP contribution is 2.30. The minimum Gasteiger partial charge on any atom is -0.330 e. The highest BCUT2D eigenvalue weighted by molar-refractivity contribution is 5.66. The van der Waals surface area contributed by atoms with E-state index in [-0.39, 0.29) is 17.1 Å². The molecule has 0 aliphatic heterocycles. The standard InChI is InChI=1S/C12H19N5O4/c13-7-3-1-2-4-8-15(14)11-6-5-10(16(18)19)9-12(11)17(20)21/h5-6,9H,1-4,7-8,13-14H2. The first-order valence-electron chi connectivity index (χ1n) is 6.62. The monoisotopic (exact) mass is 297 g/mol. The molecule has 9 nitrogen and oxygen atoms in total. The molecule has 1 aromatic rings. The van der Waals surface area contributed by atoms with E-state index in [4.69, 9.17) is 11.6 Å². The minimum atomic E-state index is -0.676. The fraction of sp³-hybridized carbons (Fsp3) is 0.500. The van der Waals surface area contributed by atoms with E-state index >= 15 is 0 Å². The van der Waals surface area contributed by atoms with Crippen LogP contribution in [0.1, 0.15) is 25.7 Å². The minimum absolute atomic E-state index is 0.171. The van der Waals surface area contributed by atoms with Crippen LogP contribution in [-0.2, 0) is 0 Å². The molecule has 0 aliphatic carbocycles. The van der Waals surface area contributed by atoms with E-state index in [1.54, 1.807) is 0 Å². The fourth-order valence-electron chi connectivity index (χ4n) is 1.91. The van der Waals surface area contributed by atoms with E-state index in [0.717, 1.165) is 31.7 Å². The number of non-ortho nitro benzene ring substituents is 1. The topological polar surface area (TPSA) is 142 Å². The van der Waals surface area contributed by atoms with E-state index in [9.17, 15) is 20.2 Å². The summed E-state index contributed by atoms with van der Waals surface area (Å²) < 4.78 is 0. The summed E-state index contributed by atoms with van der Waals surface area (Å²) in [5, 5.41) is 22.9. The third kappa shape index (κ3) is 4.97. The highest BCUT2D eigenvalue weighted by Gasteiger charge is 2.21. The fourth-order valence-corrected chi connectivity index (χ4v) is 1.91. The quantitative estimate of drug-likeness (QED) is 0.305. The molecule has 4 N–H and O–H groups in total. The number of nitro groups is 2. The number of hydrogen-bond donors (Lipinski definition) is 2. The second-order valence-electron chi connectivity index (χ2n) is 4.58. The number of benzene rings is 1. The van der Waals surface area contributed by atoms with Gasteiger partial charge in [-0.25, -0.2) is 5.84 Å². The van der Waals surface area contributed by atoms with E-state index < -0.39 is 9.85 Å². The van der Waals surface area contributed by atoms with Gasteiger partial charge in [-0.05, 0) is 25.5 Å². The lowest BCUT2D eigenvalue weighted by Gasteiger charge is -2.18. The van der Waals surface area contributed by atoms with Crippen molar-refractivity contribution >= 4 is 17.1 Å². The zero-order valence-electron chi connectivity index (χ0n) is 11.6. The van der Waals surface area contributed by atoms with Gasteiger partial charge in [-0.1, -0.05) is 12.8 Å². The predicted molar refractivity (Wildman–Crippen MR) is 78.8 cm³/mol. The maximum Gasteiger partial charge on any atom is 0.300 e. The molecule has 0 radical (unpaired) electrons. The number of nitrogens with two attached hydrogens (primary N) is 2. The Hall–Kier alpha value is -2.26. The van der Waals surface area contributed by atoms with Crippen LogP contribution in [0.5, 0.6) is 0 Å². The second-order valence-corrected chi connectivity index (χ2v) is 4.58. The van der Waals surface area contributed by atoms with Crippen LogP contribution in [0.2, 0.25) is 0 Å². The van der Waals surface area contributed by atoms with Crippen LogP contribution in [0.25, 0.3) is 0 Å². The smallest absolute Gasteiger partial charge is 0.300 e. The van der Waals surface area contributed by atoms with Gasteiger partial charge in [-0.3, -0.25) is 20.2 Å². The average Bonchev–Trinajstić information content (AvgIpc) is 2.46. The zero-order chi connectivity index (χ0) is 15.8. The molecule has 0 heterocycles. The van der Waals surface area contributed by atoms with Crippen molar-refractivity contribution in [2.24, 2.45) is 11.6 Å². The first-order chi connectivity index (χ1) is 9.97. The zero-order valence-corrected chi connectivity index (χ0v) is 11.6. The van der Waals surface area contributed by atoms with Gasteiger partial charge in [-0.15, -0.1) is 0 Å². The molecule has 0 amide bonds. The number of nitrogens with zero attached hydrogens (tertiary/aromatic N) is 3. The Labute approximate surface area is 121 Å². The lowest BCUT2D eigenvalue weighted by molar-refractivity contribution is -0.393. The molecule has 0 saturated carbocycles. The Morgan fingerprint density at radius 1 is 1.05 bits per heavy atom. The third-order valence-corrected chi connectivity index (χ3v) is 3.03. The van der Waals surface area contributed by atoms with E-state index in [1.807, 2.05) is 0 Å². The normalized spacial score (nSPS) is 10.4.